The van der Waals surface area contributed by atoms with Gasteiger partial charge in [0.15, 0.2) is 5.69 Å². The second kappa shape index (κ2) is 6.70. The first-order valence-corrected chi connectivity index (χ1v) is 7.35. The summed E-state index contributed by atoms with van der Waals surface area (Å²) in [5.41, 5.74) is 3.01. The van der Waals surface area contributed by atoms with E-state index in [9.17, 15) is 4.79 Å². The molecule has 2 unspecified atom stereocenters. The van der Waals surface area contributed by atoms with E-state index in [0.717, 1.165) is 11.3 Å². The number of hydrogen-bond acceptors (Lipinski definition) is 4. The van der Waals surface area contributed by atoms with Gasteiger partial charge in [-0.1, -0.05) is 29.8 Å². The second-order valence-electron chi connectivity index (χ2n) is 5.69. The Balaban J connectivity index is 2.20. The molecular formula is C16H22N4O2. The number of nitrogens with one attached hydrogen (secondary N) is 1. The van der Waals surface area contributed by atoms with Crippen LogP contribution in [0.3, 0.4) is 0 Å². The molecule has 6 heteroatoms. The predicted molar refractivity (Wildman–Crippen MR) is 84.0 cm³/mol. The normalized spacial score (nSPS) is 13.7. The molecule has 22 heavy (non-hydrogen) atoms. The summed E-state index contributed by atoms with van der Waals surface area (Å²) in [4.78, 5) is 12.3. The molecule has 2 rings (SSSR count). The smallest absolute Gasteiger partial charge is 0.273 e. The predicted octanol–water partition coefficient (Wildman–Crippen LogP) is 1.63. The van der Waals surface area contributed by atoms with Gasteiger partial charge >= 0.3 is 0 Å². The summed E-state index contributed by atoms with van der Waals surface area (Å²) in [5, 5.41) is 20.0. The molecule has 0 saturated heterocycles. The van der Waals surface area contributed by atoms with Crippen molar-refractivity contribution in [3.8, 4) is 5.69 Å². The minimum absolute atomic E-state index is 0.0172. The summed E-state index contributed by atoms with van der Waals surface area (Å²) in [6.45, 7) is 7.59. The van der Waals surface area contributed by atoms with Crippen molar-refractivity contribution in [3.05, 3.63) is 41.2 Å². The van der Waals surface area contributed by atoms with E-state index in [-0.39, 0.29) is 24.5 Å². The highest BCUT2D eigenvalue weighted by molar-refractivity contribution is 5.93. The van der Waals surface area contributed by atoms with Gasteiger partial charge in [-0.15, -0.1) is 5.10 Å². The van der Waals surface area contributed by atoms with Gasteiger partial charge in [-0.05, 0) is 38.8 Å². The van der Waals surface area contributed by atoms with Crippen molar-refractivity contribution in [3.63, 3.8) is 0 Å². The number of aryl methyl sites for hydroxylation is 1. The van der Waals surface area contributed by atoms with Crippen LogP contribution < -0.4 is 5.32 Å². The first-order valence-electron chi connectivity index (χ1n) is 7.35. The van der Waals surface area contributed by atoms with E-state index in [1.807, 2.05) is 52.0 Å². The molecule has 0 spiro atoms. The molecular weight excluding hydrogens is 280 g/mol. The van der Waals surface area contributed by atoms with E-state index in [0.29, 0.717) is 11.4 Å². The molecule has 0 aliphatic heterocycles. The van der Waals surface area contributed by atoms with Crippen LogP contribution in [0.1, 0.15) is 35.6 Å². The second-order valence-corrected chi connectivity index (χ2v) is 5.69. The van der Waals surface area contributed by atoms with E-state index in [4.69, 9.17) is 5.11 Å². The summed E-state index contributed by atoms with van der Waals surface area (Å²) < 4.78 is 1.65. The maximum atomic E-state index is 12.3. The fourth-order valence-corrected chi connectivity index (χ4v) is 2.05. The molecule has 2 atom stereocenters. The molecule has 118 valence electrons. The highest BCUT2D eigenvalue weighted by Crippen LogP contribution is 2.13. The first kappa shape index (κ1) is 16.2. The number of aromatic nitrogens is 3. The molecule has 1 heterocycles. The molecule has 0 bridgehead atoms. The highest BCUT2D eigenvalue weighted by Gasteiger charge is 2.20. The molecule has 0 fully saturated rings. The van der Waals surface area contributed by atoms with E-state index in [2.05, 4.69) is 15.6 Å². The molecule has 2 aromatic rings. The third-order valence-electron chi connectivity index (χ3n) is 3.89. The van der Waals surface area contributed by atoms with Crippen LogP contribution in [-0.4, -0.2) is 38.7 Å². The van der Waals surface area contributed by atoms with Crippen LogP contribution in [0.25, 0.3) is 5.69 Å². The lowest BCUT2D eigenvalue weighted by Crippen LogP contribution is -2.38. The van der Waals surface area contributed by atoms with Crippen molar-refractivity contribution in [2.45, 2.75) is 33.7 Å². The number of amides is 1. The topological polar surface area (TPSA) is 80.0 Å². The number of carbonyl (C=O) groups is 1. The first-order chi connectivity index (χ1) is 10.4. The molecule has 1 amide bonds. The number of aliphatic hydroxyl groups is 1. The summed E-state index contributed by atoms with van der Waals surface area (Å²) in [6, 6.07) is 7.72. The van der Waals surface area contributed by atoms with E-state index in [1.54, 1.807) is 4.68 Å². The molecule has 0 radical (unpaired) electrons. The summed E-state index contributed by atoms with van der Waals surface area (Å²) in [7, 11) is 0. The average Bonchev–Trinajstić information content (AvgIpc) is 2.89. The van der Waals surface area contributed by atoms with Gasteiger partial charge in [0.2, 0.25) is 0 Å². The molecule has 2 N–H and O–H groups in total. The Kier molecular flexibility index (Phi) is 4.92. The Labute approximate surface area is 130 Å². The van der Waals surface area contributed by atoms with Crippen molar-refractivity contribution >= 4 is 5.91 Å². The number of aliphatic hydroxyl groups excluding tert-OH is 1. The maximum Gasteiger partial charge on any atom is 0.273 e. The molecule has 0 aliphatic carbocycles. The Morgan fingerprint density at radius 1 is 1.27 bits per heavy atom. The zero-order valence-electron chi connectivity index (χ0n) is 13.4. The third kappa shape index (κ3) is 3.33. The van der Waals surface area contributed by atoms with Gasteiger partial charge in [-0.2, -0.15) is 0 Å². The van der Waals surface area contributed by atoms with Gasteiger partial charge in [-0.3, -0.25) is 4.79 Å². The number of nitrogens with zero attached hydrogens (tertiary/aromatic N) is 3. The summed E-state index contributed by atoms with van der Waals surface area (Å²) in [5.74, 6) is -0.292. The minimum atomic E-state index is -0.274. The molecule has 6 nitrogen and oxygen atoms in total. The highest BCUT2D eigenvalue weighted by atomic mass is 16.3. The standard InChI is InChI=1S/C16H22N4O2/c1-10-5-7-14(8-6-10)20-13(4)15(18-19-20)16(22)17-12(3)11(2)9-21/h5-8,11-12,21H,9H2,1-4H3,(H,17,22). The van der Waals surface area contributed by atoms with Crippen LogP contribution in [0.15, 0.2) is 24.3 Å². The van der Waals surface area contributed by atoms with Crippen molar-refractivity contribution in [2.24, 2.45) is 5.92 Å². The van der Waals surface area contributed by atoms with Crippen LogP contribution in [-0.2, 0) is 0 Å². The van der Waals surface area contributed by atoms with E-state index < -0.39 is 0 Å². The van der Waals surface area contributed by atoms with Crippen molar-refractivity contribution in [2.75, 3.05) is 6.61 Å². The Hall–Kier alpha value is -2.21. The van der Waals surface area contributed by atoms with Gasteiger partial charge in [0.1, 0.15) is 0 Å². The Morgan fingerprint density at radius 3 is 2.50 bits per heavy atom. The lowest BCUT2D eigenvalue weighted by Gasteiger charge is -2.18. The monoisotopic (exact) mass is 302 g/mol. The van der Waals surface area contributed by atoms with Crippen molar-refractivity contribution < 1.29 is 9.90 Å². The maximum absolute atomic E-state index is 12.3. The van der Waals surface area contributed by atoms with Gasteiger partial charge in [0.05, 0.1) is 11.4 Å². The fraction of sp³-hybridized carbons (Fsp3) is 0.438. The lowest BCUT2D eigenvalue weighted by atomic mass is 10.1. The average molecular weight is 302 g/mol. The van der Waals surface area contributed by atoms with Crippen LogP contribution in [0.2, 0.25) is 0 Å². The van der Waals surface area contributed by atoms with Gasteiger partial charge in [0.25, 0.3) is 5.91 Å². The summed E-state index contributed by atoms with van der Waals surface area (Å²) >= 11 is 0. The SMILES string of the molecule is Cc1ccc(-n2nnc(C(=O)NC(C)C(C)CO)c2C)cc1. The number of carbonyl (C=O) groups excluding carboxylic acids is 1. The third-order valence-corrected chi connectivity index (χ3v) is 3.89. The lowest BCUT2D eigenvalue weighted by molar-refractivity contribution is 0.0910. The molecule has 0 aliphatic rings. The van der Waals surface area contributed by atoms with Crippen molar-refractivity contribution in [1.29, 1.82) is 0 Å². The van der Waals surface area contributed by atoms with Gasteiger partial charge in [0, 0.05) is 12.6 Å². The largest absolute Gasteiger partial charge is 0.396 e. The fourth-order valence-electron chi connectivity index (χ4n) is 2.05. The Bertz CT molecular complexity index is 649. The number of benzene rings is 1. The summed E-state index contributed by atoms with van der Waals surface area (Å²) in [6.07, 6.45) is 0. The van der Waals surface area contributed by atoms with E-state index >= 15 is 0 Å². The van der Waals surface area contributed by atoms with E-state index in [1.165, 1.54) is 0 Å². The van der Waals surface area contributed by atoms with Gasteiger partial charge < -0.3 is 10.4 Å². The van der Waals surface area contributed by atoms with Crippen LogP contribution in [0.4, 0.5) is 0 Å². The molecule has 0 saturated carbocycles. The zero-order valence-corrected chi connectivity index (χ0v) is 13.4. The number of rotatable bonds is 5. The minimum Gasteiger partial charge on any atom is -0.396 e. The Morgan fingerprint density at radius 2 is 1.91 bits per heavy atom. The van der Waals surface area contributed by atoms with Crippen LogP contribution in [0.5, 0.6) is 0 Å². The zero-order chi connectivity index (χ0) is 16.3. The number of hydrogen-bond donors (Lipinski definition) is 2. The quantitative estimate of drug-likeness (QED) is 0.880. The van der Waals surface area contributed by atoms with Crippen molar-refractivity contribution in [1.82, 2.24) is 20.3 Å². The molecule has 1 aromatic heterocycles. The molecule has 1 aromatic carbocycles. The van der Waals surface area contributed by atoms with Gasteiger partial charge in [-0.25, -0.2) is 4.68 Å². The van der Waals surface area contributed by atoms with Crippen LogP contribution >= 0.6 is 0 Å². The van der Waals surface area contributed by atoms with Crippen LogP contribution in [0, 0.1) is 19.8 Å².